The van der Waals surface area contributed by atoms with Gasteiger partial charge in [-0.15, -0.1) is 0 Å². The second-order valence-corrected chi connectivity index (χ2v) is 7.42. The Bertz CT molecular complexity index is 1190. The summed E-state index contributed by atoms with van der Waals surface area (Å²) in [6, 6.07) is 15.1. The summed E-state index contributed by atoms with van der Waals surface area (Å²) in [5.41, 5.74) is 2.60. The van der Waals surface area contributed by atoms with E-state index in [1.54, 1.807) is 60.9 Å². The molecule has 0 spiro atoms. The molecule has 1 saturated heterocycles. The van der Waals surface area contributed by atoms with E-state index in [4.69, 9.17) is 4.74 Å². The van der Waals surface area contributed by atoms with E-state index in [2.05, 4.69) is 9.97 Å². The fourth-order valence-corrected chi connectivity index (χ4v) is 4.04. The number of hydrogen-bond acceptors (Lipinski definition) is 6. The van der Waals surface area contributed by atoms with Gasteiger partial charge in [0.05, 0.1) is 30.1 Å². The lowest BCUT2D eigenvalue weighted by molar-refractivity contribution is -0.140. The normalized spacial score (nSPS) is 19.4. The van der Waals surface area contributed by atoms with Crippen molar-refractivity contribution >= 4 is 17.4 Å². The van der Waals surface area contributed by atoms with Crippen molar-refractivity contribution in [3.8, 4) is 5.75 Å². The summed E-state index contributed by atoms with van der Waals surface area (Å²) in [4.78, 5) is 36.1. The van der Waals surface area contributed by atoms with Crippen LogP contribution in [0.3, 0.4) is 0 Å². The zero-order chi connectivity index (χ0) is 21.4. The van der Waals surface area contributed by atoms with Crippen molar-refractivity contribution < 1.29 is 19.4 Å². The fourth-order valence-electron chi connectivity index (χ4n) is 4.04. The van der Waals surface area contributed by atoms with Crippen LogP contribution in [0, 0.1) is 0 Å². The van der Waals surface area contributed by atoms with Crippen LogP contribution in [0.2, 0.25) is 0 Å². The molecule has 5 rings (SSSR count). The first-order chi connectivity index (χ1) is 15.1. The van der Waals surface area contributed by atoms with E-state index in [9.17, 15) is 14.7 Å². The molecule has 1 atom stereocenters. The SMILES string of the molecule is O=C1C(=O)N(Cc2ccccn2)C(c2ccccn2)/C1=C(/O)c1ccc2c(c1)CCO2. The van der Waals surface area contributed by atoms with Crippen molar-refractivity contribution in [2.24, 2.45) is 0 Å². The molecule has 1 aromatic carbocycles. The number of aliphatic hydroxyl groups is 1. The number of carbonyl (C=O) groups is 2. The molecular weight excluding hydrogens is 394 g/mol. The molecule has 2 aliphatic rings. The molecule has 2 aromatic heterocycles. The van der Waals surface area contributed by atoms with E-state index in [0.717, 1.165) is 17.7 Å². The third kappa shape index (κ3) is 3.34. The second-order valence-electron chi connectivity index (χ2n) is 7.42. The number of likely N-dealkylation sites (tertiary alicyclic amines) is 1. The zero-order valence-electron chi connectivity index (χ0n) is 16.6. The first-order valence-electron chi connectivity index (χ1n) is 9.99. The molecule has 31 heavy (non-hydrogen) atoms. The largest absolute Gasteiger partial charge is 0.507 e. The molecule has 2 aliphatic heterocycles. The molecule has 0 radical (unpaired) electrons. The van der Waals surface area contributed by atoms with Gasteiger partial charge < -0.3 is 14.7 Å². The maximum absolute atomic E-state index is 13.1. The lowest BCUT2D eigenvalue weighted by atomic mass is 9.97. The van der Waals surface area contributed by atoms with Gasteiger partial charge in [-0.2, -0.15) is 0 Å². The van der Waals surface area contributed by atoms with Crippen LogP contribution in [-0.2, 0) is 22.6 Å². The maximum atomic E-state index is 13.1. The van der Waals surface area contributed by atoms with E-state index >= 15 is 0 Å². The summed E-state index contributed by atoms with van der Waals surface area (Å²) < 4.78 is 5.53. The molecule has 1 fully saturated rings. The van der Waals surface area contributed by atoms with E-state index < -0.39 is 17.7 Å². The standard InChI is InChI=1S/C24H19N3O4/c28-22(16-7-8-19-15(13-16)9-12-31-19)20-21(18-6-2-4-11-26-18)27(24(30)23(20)29)14-17-5-1-3-10-25-17/h1-8,10-11,13,21,28H,9,12,14H2/b22-20-. The first-order valence-corrected chi connectivity index (χ1v) is 9.99. The van der Waals surface area contributed by atoms with Gasteiger partial charge in [0.15, 0.2) is 0 Å². The number of Topliss-reactive ketones (excluding diaryl/α,β-unsaturated/α-hetero) is 1. The van der Waals surface area contributed by atoms with Crippen molar-refractivity contribution in [3.63, 3.8) is 0 Å². The molecule has 0 saturated carbocycles. The van der Waals surface area contributed by atoms with Crippen molar-refractivity contribution in [1.29, 1.82) is 0 Å². The van der Waals surface area contributed by atoms with Crippen LogP contribution in [-0.4, -0.2) is 38.3 Å². The zero-order valence-corrected chi connectivity index (χ0v) is 16.6. The van der Waals surface area contributed by atoms with Crippen LogP contribution < -0.4 is 4.74 Å². The lowest BCUT2D eigenvalue weighted by Gasteiger charge is -2.24. The average molecular weight is 413 g/mol. The molecule has 7 heteroatoms. The predicted molar refractivity (Wildman–Crippen MR) is 112 cm³/mol. The first kappa shape index (κ1) is 19.0. The van der Waals surface area contributed by atoms with Gasteiger partial charge in [0.25, 0.3) is 11.7 Å². The summed E-state index contributed by atoms with van der Waals surface area (Å²) in [6.07, 6.45) is 3.96. The van der Waals surface area contributed by atoms with Crippen LogP contribution >= 0.6 is 0 Å². The van der Waals surface area contributed by atoms with Gasteiger partial charge in [-0.05, 0) is 48.0 Å². The molecule has 0 bridgehead atoms. The van der Waals surface area contributed by atoms with Crippen LogP contribution in [0.1, 0.15) is 28.6 Å². The van der Waals surface area contributed by atoms with E-state index in [-0.39, 0.29) is 17.9 Å². The second kappa shape index (κ2) is 7.68. The number of carbonyl (C=O) groups excluding carboxylic acids is 2. The van der Waals surface area contributed by atoms with Crippen molar-refractivity contribution in [2.45, 2.75) is 19.0 Å². The Labute approximate surface area is 178 Å². The molecule has 3 aromatic rings. The number of nitrogens with zero attached hydrogens (tertiary/aromatic N) is 3. The van der Waals surface area contributed by atoms with Crippen LogP contribution in [0.15, 0.2) is 72.6 Å². The van der Waals surface area contributed by atoms with Gasteiger partial charge >= 0.3 is 0 Å². The third-order valence-corrected chi connectivity index (χ3v) is 5.53. The van der Waals surface area contributed by atoms with Gasteiger partial charge in [-0.3, -0.25) is 19.6 Å². The highest BCUT2D eigenvalue weighted by Crippen LogP contribution is 2.40. The van der Waals surface area contributed by atoms with Crippen molar-refractivity contribution in [3.05, 3.63) is 95.1 Å². The maximum Gasteiger partial charge on any atom is 0.296 e. The quantitative estimate of drug-likeness (QED) is 0.402. The molecule has 1 amide bonds. The third-order valence-electron chi connectivity index (χ3n) is 5.53. The van der Waals surface area contributed by atoms with Gasteiger partial charge in [-0.1, -0.05) is 12.1 Å². The number of benzene rings is 1. The summed E-state index contributed by atoms with van der Waals surface area (Å²) in [7, 11) is 0. The lowest BCUT2D eigenvalue weighted by Crippen LogP contribution is -2.29. The minimum Gasteiger partial charge on any atom is -0.507 e. The van der Waals surface area contributed by atoms with Crippen LogP contribution in [0.5, 0.6) is 5.75 Å². The van der Waals surface area contributed by atoms with Crippen molar-refractivity contribution in [1.82, 2.24) is 14.9 Å². The highest BCUT2D eigenvalue weighted by atomic mass is 16.5. The number of ether oxygens (including phenoxy) is 1. The summed E-state index contributed by atoms with van der Waals surface area (Å²) >= 11 is 0. The topological polar surface area (TPSA) is 92.6 Å². The number of fused-ring (bicyclic) bond motifs is 1. The minimum atomic E-state index is -0.812. The number of pyridine rings is 2. The Hall–Kier alpha value is -4.00. The molecule has 1 N–H and O–H groups in total. The number of aliphatic hydroxyl groups excluding tert-OH is 1. The highest BCUT2D eigenvalue weighted by Gasteiger charge is 2.46. The van der Waals surface area contributed by atoms with Crippen LogP contribution in [0.25, 0.3) is 5.76 Å². The van der Waals surface area contributed by atoms with Gasteiger partial charge in [0, 0.05) is 24.4 Å². The van der Waals surface area contributed by atoms with Crippen molar-refractivity contribution in [2.75, 3.05) is 6.61 Å². The summed E-state index contributed by atoms with van der Waals surface area (Å²) in [6.45, 7) is 0.712. The Kier molecular flexibility index (Phi) is 4.71. The molecule has 7 nitrogen and oxygen atoms in total. The molecule has 1 unspecified atom stereocenters. The molecule has 154 valence electrons. The van der Waals surface area contributed by atoms with Gasteiger partial charge in [-0.25, -0.2) is 0 Å². The number of rotatable bonds is 4. The van der Waals surface area contributed by atoms with E-state index in [1.807, 2.05) is 6.07 Å². The Balaban J connectivity index is 1.63. The fraction of sp³-hybridized carbons (Fsp3) is 0.167. The monoisotopic (exact) mass is 413 g/mol. The summed E-state index contributed by atoms with van der Waals surface area (Å²) in [5, 5.41) is 11.2. The van der Waals surface area contributed by atoms with E-state index in [0.29, 0.717) is 23.6 Å². The number of ketones is 1. The average Bonchev–Trinajstić information content (AvgIpc) is 3.38. The smallest absolute Gasteiger partial charge is 0.296 e. The number of amides is 1. The molecule has 0 aliphatic carbocycles. The van der Waals surface area contributed by atoms with Crippen LogP contribution in [0.4, 0.5) is 0 Å². The predicted octanol–water partition coefficient (Wildman–Crippen LogP) is 3.03. The van der Waals surface area contributed by atoms with E-state index in [1.165, 1.54) is 4.90 Å². The Morgan fingerprint density at radius 2 is 1.87 bits per heavy atom. The Morgan fingerprint density at radius 3 is 2.61 bits per heavy atom. The van der Waals surface area contributed by atoms with Gasteiger partial charge in [0.2, 0.25) is 0 Å². The van der Waals surface area contributed by atoms with Gasteiger partial charge in [0.1, 0.15) is 17.6 Å². The number of aromatic nitrogens is 2. The molecule has 4 heterocycles. The minimum absolute atomic E-state index is 0.0264. The highest BCUT2D eigenvalue weighted by molar-refractivity contribution is 6.46. The number of hydrogen-bond donors (Lipinski definition) is 1. The summed E-state index contributed by atoms with van der Waals surface area (Å²) in [5.74, 6) is -0.867. The molecular formula is C24H19N3O4. The Morgan fingerprint density at radius 1 is 1.06 bits per heavy atom.